The van der Waals surface area contributed by atoms with Crippen molar-refractivity contribution in [2.45, 2.75) is 59.9 Å². The van der Waals surface area contributed by atoms with Gasteiger partial charge in [-0.15, -0.1) is 0 Å². The lowest BCUT2D eigenvalue weighted by Gasteiger charge is -2.11. The first-order chi connectivity index (χ1) is 13.0. The number of fused-ring (bicyclic) bond motifs is 2. The van der Waals surface area contributed by atoms with Crippen molar-refractivity contribution in [2.24, 2.45) is 0 Å². The Hall–Kier alpha value is -2.76. The molecule has 0 aliphatic heterocycles. The van der Waals surface area contributed by atoms with Crippen LogP contribution in [0.5, 0.6) is 0 Å². The fourth-order valence-electron chi connectivity index (χ4n) is 3.02. The molecule has 0 fully saturated rings. The van der Waals surface area contributed by atoms with Crippen LogP contribution in [-0.4, -0.2) is 28.9 Å². The molecule has 0 aliphatic carbocycles. The van der Waals surface area contributed by atoms with Crippen LogP contribution in [0.2, 0.25) is 0 Å². The van der Waals surface area contributed by atoms with E-state index in [0.29, 0.717) is 5.92 Å². The number of hydrogen-bond donors (Lipinski definition) is 0. The van der Waals surface area contributed by atoms with Crippen molar-refractivity contribution < 1.29 is 0 Å². The summed E-state index contributed by atoms with van der Waals surface area (Å²) >= 11 is 0. The van der Waals surface area contributed by atoms with Crippen LogP contribution in [-0.2, 0) is 6.54 Å². The average Bonchev–Trinajstić information content (AvgIpc) is 3.29. The lowest BCUT2D eigenvalue weighted by atomic mass is 10.1. The lowest BCUT2D eigenvalue weighted by molar-refractivity contribution is 0.731. The zero-order valence-corrected chi connectivity index (χ0v) is 17.0. The molecule has 6 nitrogen and oxygen atoms in total. The molecule has 0 saturated heterocycles. The molecule has 4 aromatic rings. The van der Waals surface area contributed by atoms with E-state index < -0.39 is 0 Å². The topological polar surface area (TPSA) is 60.9 Å². The quantitative estimate of drug-likeness (QED) is 0.522. The molecular formula is C21H28N6. The Labute approximate surface area is 160 Å². The molecule has 142 valence electrons. The highest BCUT2D eigenvalue weighted by Crippen LogP contribution is 2.24. The Morgan fingerprint density at radius 2 is 1.74 bits per heavy atom. The first kappa shape index (κ1) is 19.0. The van der Waals surface area contributed by atoms with E-state index in [-0.39, 0.29) is 5.92 Å². The minimum Gasteiger partial charge on any atom is -0.311 e. The van der Waals surface area contributed by atoms with Gasteiger partial charge in [0.25, 0.3) is 0 Å². The number of pyridine rings is 1. The monoisotopic (exact) mass is 364 g/mol. The van der Waals surface area contributed by atoms with Crippen molar-refractivity contribution >= 4 is 16.8 Å². The second kappa shape index (κ2) is 7.86. The van der Waals surface area contributed by atoms with Gasteiger partial charge in [-0.2, -0.15) is 0 Å². The summed E-state index contributed by atoms with van der Waals surface area (Å²) in [7, 11) is 0. The van der Waals surface area contributed by atoms with Gasteiger partial charge in [0.05, 0.1) is 18.6 Å². The Bertz CT molecular complexity index is 1040. The first-order valence-electron chi connectivity index (χ1n) is 9.67. The van der Waals surface area contributed by atoms with E-state index in [9.17, 15) is 0 Å². The van der Waals surface area contributed by atoms with Crippen LogP contribution in [0, 0.1) is 0 Å². The predicted molar refractivity (Wildman–Crippen MR) is 109 cm³/mol. The average molecular weight is 364 g/mol. The minimum absolute atomic E-state index is 0.285. The van der Waals surface area contributed by atoms with Gasteiger partial charge in [0.15, 0.2) is 5.65 Å². The SMILES string of the molecule is CC.CC(C)c1nc(C(C)C)c2ncn(Cc3ccc4nccn4c3)c2n1. The van der Waals surface area contributed by atoms with Crippen molar-refractivity contribution in [3.05, 3.63) is 54.1 Å². The molecule has 0 amide bonds. The number of imidazole rings is 2. The highest BCUT2D eigenvalue weighted by Gasteiger charge is 2.17. The molecule has 4 aromatic heterocycles. The van der Waals surface area contributed by atoms with Crippen molar-refractivity contribution in [3.63, 3.8) is 0 Å². The zero-order valence-electron chi connectivity index (χ0n) is 17.0. The summed E-state index contributed by atoms with van der Waals surface area (Å²) in [5.41, 5.74) is 4.97. The molecule has 27 heavy (non-hydrogen) atoms. The van der Waals surface area contributed by atoms with E-state index in [0.717, 1.165) is 34.9 Å². The smallest absolute Gasteiger partial charge is 0.164 e. The number of hydrogen-bond acceptors (Lipinski definition) is 4. The summed E-state index contributed by atoms with van der Waals surface area (Å²) in [5, 5.41) is 0. The van der Waals surface area contributed by atoms with Crippen LogP contribution in [0.25, 0.3) is 16.8 Å². The maximum absolute atomic E-state index is 4.80. The van der Waals surface area contributed by atoms with Crippen LogP contribution in [0.1, 0.15) is 70.5 Å². The summed E-state index contributed by atoms with van der Waals surface area (Å²) in [6.07, 6.45) is 7.74. The van der Waals surface area contributed by atoms with E-state index in [2.05, 4.69) is 54.5 Å². The van der Waals surface area contributed by atoms with Gasteiger partial charge in [0.2, 0.25) is 0 Å². The van der Waals surface area contributed by atoms with Crippen molar-refractivity contribution in [3.8, 4) is 0 Å². The van der Waals surface area contributed by atoms with Gasteiger partial charge >= 0.3 is 0 Å². The molecule has 0 aromatic carbocycles. The van der Waals surface area contributed by atoms with Crippen LogP contribution >= 0.6 is 0 Å². The van der Waals surface area contributed by atoms with Gasteiger partial charge in [-0.3, -0.25) is 0 Å². The maximum Gasteiger partial charge on any atom is 0.164 e. The molecule has 0 saturated carbocycles. The number of aromatic nitrogens is 6. The van der Waals surface area contributed by atoms with Crippen LogP contribution in [0.4, 0.5) is 0 Å². The van der Waals surface area contributed by atoms with Gasteiger partial charge in [0, 0.05) is 24.5 Å². The number of rotatable bonds is 4. The van der Waals surface area contributed by atoms with Gasteiger partial charge in [-0.1, -0.05) is 47.6 Å². The summed E-state index contributed by atoms with van der Waals surface area (Å²) < 4.78 is 4.13. The van der Waals surface area contributed by atoms with E-state index in [1.54, 1.807) is 0 Å². The third-order valence-electron chi connectivity index (χ3n) is 4.37. The summed E-state index contributed by atoms with van der Waals surface area (Å²) in [6, 6.07) is 4.13. The highest BCUT2D eigenvalue weighted by atomic mass is 15.1. The molecule has 6 heteroatoms. The fourth-order valence-corrected chi connectivity index (χ4v) is 3.02. The maximum atomic E-state index is 4.80. The van der Waals surface area contributed by atoms with E-state index in [1.807, 2.05) is 43.0 Å². The molecule has 0 aliphatic rings. The van der Waals surface area contributed by atoms with Gasteiger partial charge in [-0.05, 0) is 17.5 Å². The number of nitrogens with zero attached hydrogens (tertiary/aromatic N) is 6. The molecule has 0 N–H and O–H groups in total. The molecular weight excluding hydrogens is 336 g/mol. The van der Waals surface area contributed by atoms with Gasteiger partial charge in [-0.25, -0.2) is 19.9 Å². The Morgan fingerprint density at radius 1 is 0.963 bits per heavy atom. The molecule has 0 spiro atoms. The lowest BCUT2D eigenvalue weighted by Crippen LogP contribution is -2.07. The third-order valence-corrected chi connectivity index (χ3v) is 4.37. The van der Waals surface area contributed by atoms with Crippen LogP contribution in [0.3, 0.4) is 0 Å². The van der Waals surface area contributed by atoms with Crippen molar-refractivity contribution in [1.82, 2.24) is 28.9 Å². The normalized spacial score (nSPS) is 11.4. The second-order valence-electron chi connectivity index (χ2n) is 7.05. The van der Waals surface area contributed by atoms with E-state index in [1.165, 1.54) is 5.56 Å². The molecule has 4 rings (SSSR count). The van der Waals surface area contributed by atoms with Crippen LogP contribution < -0.4 is 0 Å². The van der Waals surface area contributed by atoms with Crippen LogP contribution in [0.15, 0.2) is 37.1 Å². The Balaban J connectivity index is 0.00000102. The molecule has 4 heterocycles. The Kier molecular flexibility index (Phi) is 5.54. The zero-order chi connectivity index (χ0) is 19.6. The van der Waals surface area contributed by atoms with Crippen molar-refractivity contribution in [1.29, 1.82) is 0 Å². The fraction of sp³-hybridized carbons (Fsp3) is 0.429. The minimum atomic E-state index is 0.285. The summed E-state index contributed by atoms with van der Waals surface area (Å²) in [5.74, 6) is 1.48. The molecule has 0 unspecified atom stereocenters. The third kappa shape index (κ3) is 3.70. The van der Waals surface area contributed by atoms with E-state index in [4.69, 9.17) is 9.97 Å². The van der Waals surface area contributed by atoms with Gasteiger partial charge in [0.1, 0.15) is 17.0 Å². The standard InChI is InChI=1S/C19H22N6.C2H6/c1-12(2)16-17-19(23-18(22-16)13(3)4)25(11-21-17)10-14-5-6-15-20-7-8-24(15)9-14;1-2/h5-9,11-13H,10H2,1-4H3;1-2H3. The second-order valence-corrected chi connectivity index (χ2v) is 7.05. The van der Waals surface area contributed by atoms with E-state index >= 15 is 0 Å². The summed E-state index contributed by atoms with van der Waals surface area (Å²) in [6.45, 7) is 13.3. The largest absolute Gasteiger partial charge is 0.311 e. The Morgan fingerprint density at radius 3 is 2.44 bits per heavy atom. The molecule has 0 bridgehead atoms. The first-order valence-corrected chi connectivity index (χ1v) is 9.67. The predicted octanol–water partition coefficient (Wildman–Crippen LogP) is 4.80. The summed E-state index contributed by atoms with van der Waals surface area (Å²) in [4.78, 5) is 18.5. The highest BCUT2D eigenvalue weighted by molar-refractivity contribution is 5.74. The van der Waals surface area contributed by atoms with Gasteiger partial charge < -0.3 is 8.97 Å². The molecule has 0 radical (unpaired) electrons. The molecule has 0 atom stereocenters. The van der Waals surface area contributed by atoms with Crippen molar-refractivity contribution in [2.75, 3.05) is 0 Å².